The summed E-state index contributed by atoms with van der Waals surface area (Å²) in [6.45, 7) is 8.11. The molecule has 0 aliphatic carbocycles. The van der Waals surface area contributed by atoms with Crippen LogP contribution in [0.15, 0.2) is 47.6 Å². The number of ether oxygens (including phenoxy) is 2. The van der Waals surface area contributed by atoms with E-state index in [0.717, 1.165) is 18.5 Å². The molecule has 6 heteroatoms. The van der Waals surface area contributed by atoms with Crippen LogP contribution in [-0.2, 0) is 6.54 Å². The van der Waals surface area contributed by atoms with E-state index in [1.54, 1.807) is 6.20 Å². The third-order valence-corrected chi connectivity index (χ3v) is 3.48. The molecule has 1 aromatic heterocycles. The lowest BCUT2D eigenvalue weighted by Gasteiger charge is -2.13. The maximum absolute atomic E-state index is 6.00. The molecule has 0 unspecified atom stereocenters. The molecule has 0 fully saturated rings. The molecule has 1 aromatic carbocycles. The molecule has 6 nitrogen and oxygen atoms in total. The normalized spacial score (nSPS) is 11.5. The van der Waals surface area contributed by atoms with Crippen molar-refractivity contribution >= 4 is 5.96 Å². The number of benzene rings is 1. The number of hydrogen-bond donors (Lipinski definition) is 2. The quantitative estimate of drug-likeness (QED) is 0.528. The van der Waals surface area contributed by atoms with Gasteiger partial charge in [-0.05, 0) is 30.5 Å². The van der Waals surface area contributed by atoms with Gasteiger partial charge in [-0.1, -0.05) is 39.0 Å². The Morgan fingerprint density at radius 2 is 1.96 bits per heavy atom. The van der Waals surface area contributed by atoms with Crippen LogP contribution in [0.1, 0.15) is 32.8 Å². The molecule has 140 valence electrons. The first kappa shape index (κ1) is 19.6. The number of rotatable bonds is 9. The number of nitrogens with one attached hydrogen (secondary N) is 1. The van der Waals surface area contributed by atoms with Crippen molar-refractivity contribution in [2.75, 3.05) is 13.2 Å². The highest BCUT2D eigenvalue weighted by Gasteiger charge is 2.10. The number of nitrogens with zero attached hydrogens (tertiary/aromatic N) is 2. The molecule has 0 aliphatic heterocycles. The van der Waals surface area contributed by atoms with Crippen molar-refractivity contribution in [3.63, 3.8) is 0 Å². The Bertz CT molecular complexity index is 716. The second kappa shape index (κ2) is 10.3. The van der Waals surface area contributed by atoms with Gasteiger partial charge < -0.3 is 20.5 Å². The topological polar surface area (TPSA) is 81.8 Å². The van der Waals surface area contributed by atoms with Crippen molar-refractivity contribution in [3.05, 3.63) is 48.2 Å². The molecule has 0 amide bonds. The van der Waals surface area contributed by atoms with Crippen LogP contribution in [0.4, 0.5) is 0 Å². The standard InChI is InChI=1S/C20H28N4O2/c1-4-12-25-17-9-5-6-10-18(17)26-19-16(8-7-11-22-19)14-24-20(21)23-13-15(2)3/h5-11,15H,4,12-14H2,1-3H3,(H3,21,23,24). The molecule has 3 N–H and O–H groups in total. The first-order valence-electron chi connectivity index (χ1n) is 8.97. The summed E-state index contributed by atoms with van der Waals surface area (Å²) in [7, 11) is 0. The zero-order valence-corrected chi connectivity index (χ0v) is 15.7. The minimum atomic E-state index is 0.387. The van der Waals surface area contributed by atoms with Crippen molar-refractivity contribution < 1.29 is 9.47 Å². The molecule has 0 radical (unpaired) electrons. The van der Waals surface area contributed by atoms with Crippen LogP contribution in [0.25, 0.3) is 0 Å². The van der Waals surface area contributed by atoms with Gasteiger partial charge in [0, 0.05) is 18.3 Å². The SMILES string of the molecule is CCCOc1ccccc1Oc1ncccc1CN=C(N)NCC(C)C. The van der Waals surface area contributed by atoms with Gasteiger partial charge >= 0.3 is 0 Å². The van der Waals surface area contributed by atoms with Gasteiger partial charge in [-0.3, -0.25) is 0 Å². The molecule has 0 spiro atoms. The summed E-state index contributed by atoms with van der Waals surface area (Å²) in [6.07, 6.45) is 2.62. The van der Waals surface area contributed by atoms with E-state index < -0.39 is 0 Å². The first-order chi connectivity index (χ1) is 12.6. The van der Waals surface area contributed by atoms with Gasteiger partial charge in [0.15, 0.2) is 17.5 Å². The molecule has 0 saturated carbocycles. The van der Waals surface area contributed by atoms with E-state index in [-0.39, 0.29) is 0 Å². The summed E-state index contributed by atoms with van der Waals surface area (Å²) in [4.78, 5) is 8.71. The van der Waals surface area contributed by atoms with Crippen LogP contribution in [0, 0.1) is 5.92 Å². The molecule has 0 bridgehead atoms. The van der Waals surface area contributed by atoms with E-state index in [4.69, 9.17) is 15.2 Å². The predicted octanol–water partition coefficient (Wildman–Crippen LogP) is 3.72. The summed E-state index contributed by atoms with van der Waals surface area (Å²) in [6, 6.07) is 11.4. The zero-order chi connectivity index (χ0) is 18.8. The summed E-state index contributed by atoms with van der Waals surface area (Å²) in [5.74, 6) is 2.75. The fourth-order valence-electron chi connectivity index (χ4n) is 2.14. The highest BCUT2D eigenvalue weighted by molar-refractivity contribution is 5.77. The van der Waals surface area contributed by atoms with Crippen molar-refractivity contribution in [3.8, 4) is 17.4 Å². The van der Waals surface area contributed by atoms with Gasteiger partial charge in [0.05, 0.1) is 13.2 Å². The lowest BCUT2D eigenvalue weighted by atomic mass is 10.2. The van der Waals surface area contributed by atoms with Gasteiger partial charge in [0.25, 0.3) is 0 Å². The fraction of sp³-hybridized carbons (Fsp3) is 0.400. The Labute approximate surface area is 155 Å². The Balaban J connectivity index is 2.11. The predicted molar refractivity (Wildman–Crippen MR) is 105 cm³/mol. The van der Waals surface area contributed by atoms with Crippen molar-refractivity contribution in [2.24, 2.45) is 16.6 Å². The number of pyridine rings is 1. The Kier molecular flexibility index (Phi) is 7.74. The number of nitrogens with two attached hydrogens (primary N) is 1. The van der Waals surface area contributed by atoms with E-state index in [0.29, 0.717) is 42.4 Å². The highest BCUT2D eigenvalue weighted by Crippen LogP contribution is 2.32. The van der Waals surface area contributed by atoms with E-state index in [9.17, 15) is 0 Å². The largest absolute Gasteiger partial charge is 0.490 e. The van der Waals surface area contributed by atoms with Gasteiger partial charge in [-0.25, -0.2) is 9.98 Å². The molecule has 0 atom stereocenters. The lowest BCUT2D eigenvalue weighted by Crippen LogP contribution is -2.34. The highest BCUT2D eigenvalue weighted by atomic mass is 16.5. The average Bonchev–Trinajstić information content (AvgIpc) is 2.65. The van der Waals surface area contributed by atoms with Crippen LogP contribution in [-0.4, -0.2) is 24.1 Å². The van der Waals surface area contributed by atoms with Crippen LogP contribution >= 0.6 is 0 Å². The van der Waals surface area contributed by atoms with Gasteiger partial charge in [-0.15, -0.1) is 0 Å². The van der Waals surface area contributed by atoms with Crippen LogP contribution in [0.2, 0.25) is 0 Å². The molecule has 2 rings (SSSR count). The van der Waals surface area contributed by atoms with E-state index >= 15 is 0 Å². The second-order valence-electron chi connectivity index (χ2n) is 6.34. The molecule has 0 aliphatic rings. The zero-order valence-electron chi connectivity index (χ0n) is 15.7. The third kappa shape index (κ3) is 6.27. The van der Waals surface area contributed by atoms with Gasteiger partial charge in [0.1, 0.15) is 0 Å². The fourth-order valence-corrected chi connectivity index (χ4v) is 2.14. The van der Waals surface area contributed by atoms with Crippen LogP contribution in [0.3, 0.4) is 0 Å². The van der Waals surface area contributed by atoms with Crippen LogP contribution in [0.5, 0.6) is 17.4 Å². The minimum Gasteiger partial charge on any atom is -0.490 e. The molecule has 26 heavy (non-hydrogen) atoms. The number of aromatic nitrogens is 1. The monoisotopic (exact) mass is 356 g/mol. The molecular weight excluding hydrogens is 328 g/mol. The maximum Gasteiger partial charge on any atom is 0.224 e. The summed E-state index contributed by atoms with van der Waals surface area (Å²) >= 11 is 0. The molecular formula is C20H28N4O2. The van der Waals surface area contributed by atoms with Gasteiger partial charge in [-0.2, -0.15) is 0 Å². The maximum atomic E-state index is 6.00. The van der Waals surface area contributed by atoms with Crippen molar-refractivity contribution in [2.45, 2.75) is 33.7 Å². The summed E-state index contributed by atoms with van der Waals surface area (Å²) < 4.78 is 11.7. The van der Waals surface area contributed by atoms with Gasteiger partial charge in [0.2, 0.25) is 5.88 Å². The van der Waals surface area contributed by atoms with E-state index in [1.165, 1.54) is 0 Å². The Morgan fingerprint density at radius 1 is 1.19 bits per heavy atom. The van der Waals surface area contributed by atoms with Crippen molar-refractivity contribution in [1.82, 2.24) is 10.3 Å². The van der Waals surface area contributed by atoms with Crippen LogP contribution < -0.4 is 20.5 Å². The molecule has 1 heterocycles. The first-order valence-corrected chi connectivity index (χ1v) is 8.97. The Hall–Kier alpha value is -2.76. The summed E-state index contributed by atoms with van der Waals surface area (Å²) in [5.41, 5.74) is 6.76. The number of aliphatic imine (C=N–C) groups is 1. The number of hydrogen-bond acceptors (Lipinski definition) is 4. The minimum absolute atomic E-state index is 0.387. The third-order valence-electron chi connectivity index (χ3n) is 3.48. The number of guanidine groups is 1. The molecule has 2 aromatic rings. The summed E-state index contributed by atoms with van der Waals surface area (Å²) in [5, 5.41) is 3.10. The molecule has 0 saturated heterocycles. The second-order valence-corrected chi connectivity index (χ2v) is 6.34. The lowest BCUT2D eigenvalue weighted by molar-refractivity contribution is 0.300. The smallest absolute Gasteiger partial charge is 0.224 e. The van der Waals surface area contributed by atoms with E-state index in [1.807, 2.05) is 36.4 Å². The van der Waals surface area contributed by atoms with Crippen molar-refractivity contribution in [1.29, 1.82) is 0 Å². The number of para-hydroxylation sites is 2. The average molecular weight is 356 g/mol. The van der Waals surface area contributed by atoms with E-state index in [2.05, 4.69) is 36.1 Å². The Morgan fingerprint density at radius 3 is 2.69 bits per heavy atom.